The maximum absolute atomic E-state index is 12.7. The number of benzene rings is 2. The number of hydrogen-bond acceptors (Lipinski definition) is 5. The van der Waals surface area contributed by atoms with Gasteiger partial charge in [-0.3, -0.25) is 14.3 Å². The van der Waals surface area contributed by atoms with Gasteiger partial charge in [0.05, 0.1) is 36.5 Å². The molecule has 0 saturated carbocycles. The fraction of sp³-hybridized carbons (Fsp3) is 0.364. The average Bonchev–Trinajstić information content (AvgIpc) is 2.73. The number of nitrogens with zero attached hydrogens (tertiary/aromatic N) is 3. The van der Waals surface area contributed by atoms with Gasteiger partial charge in [0, 0.05) is 19.6 Å². The molecule has 1 aliphatic rings. The molecule has 6 heteroatoms. The van der Waals surface area contributed by atoms with Crippen molar-refractivity contribution in [3.63, 3.8) is 0 Å². The van der Waals surface area contributed by atoms with Crippen LogP contribution in [-0.4, -0.2) is 45.4 Å². The Morgan fingerprint density at radius 2 is 1.82 bits per heavy atom. The van der Waals surface area contributed by atoms with Gasteiger partial charge in [-0.15, -0.1) is 0 Å². The molecule has 3 aromatic rings. The molecule has 0 amide bonds. The molecular formula is C22H25N3O3. The Morgan fingerprint density at radius 3 is 2.54 bits per heavy atom. The van der Waals surface area contributed by atoms with Crippen LogP contribution in [0.15, 0.2) is 59.7 Å². The van der Waals surface area contributed by atoms with Crippen LogP contribution in [0.4, 0.5) is 0 Å². The minimum absolute atomic E-state index is 0.0975. The second-order valence-electron chi connectivity index (χ2n) is 7.54. The van der Waals surface area contributed by atoms with E-state index in [0.29, 0.717) is 23.7 Å². The average molecular weight is 379 g/mol. The first-order chi connectivity index (χ1) is 13.6. The standard InChI is InChI=1S/C22H25N3O3/c1-28-18-8-6-17(7-9-18)14-24-12-10-22(27,11-13-24)15-25-16-23-20-5-3-2-4-19(20)21(25)26/h2-9,16,27H,10-15H2,1H3. The Labute approximate surface area is 164 Å². The van der Waals surface area contributed by atoms with Crippen LogP contribution in [0, 0.1) is 0 Å². The summed E-state index contributed by atoms with van der Waals surface area (Å²) < 4.78 is 6.74. The number of aliphatic hydroxyl groups is 1. The molecule has 0 atom stereocenters. The Hall–Kier alpha value is -2.70. The highest BCUT2D eigenvalue weighted by atomic mass is 16.5. The lowest BCUT2D eigenvalue weighted by atomic mass is 9.91. The van der Waals surface area contributed by atoms with Crippen LogP contribution < -0.4 is 10.3 Å². The monoisotopic (exact) mass is 379 g/mol. The van der Waals surface area contributed by atoms with Crippen molar-refractivity contribution in [2.75, 3.05) is 20.2 Å². The van der Waals surface area contributed by atoms with Crippen LogP contribution in [0.25, 0.3) is 10.9 Å². The third-order valence-corrected chi connectivity index (χ3v) is 5.55. The summed E-state index contributed by atoms with van der Waals surface area (Å²) in [5, 5.41) is 11.6. The minimum atomic E-state index is -0.885. The predicted molar refractivity (Wildman–Crippen MR) is 108 cm³/mol. The number of hydrogen-bond donors (Lipinski definition) is 1. The van der Waals surface area contributed by atoms with Gasteiger partial charge < -0.3 is 9.84 Å². The number of aromatic nitrogens is 2. The largest absolute Gasteiger partial charge is 0.497 e. The number of likely N-dealkylation sites (tertiary alicyclic amines) is 1. The molecule has 0 bridgehead atoms. The molecule has 28 heavy (non-hydrogen) atoms. The highest BCUT2D eigenvalue weighted by molar-refractivity contribution is 5.76. The van der Waals surface area contributed by atoms with Gasteiger partial charge in [-0.2, -0.15) is 0 Å². The molecule has 146 valence electrons. The summed E-state index contributed by atoms with van der Waals surface area (Å²) in [6.45, 7) is 2.70. The van der Waals surface area contributed by atoms with Gasteiger partial charge in [-0.05, 0) is 42.7 Å². The van der Waals surface area contributed by atoms with Gasteiger partial charge in [-0.1, -0.05) is 24.3 Å². The molecule has 0 radical (unpaired) electrons. The smallest absolute Gasteiger partial charge is 0.261 e. The van der Waals surface area contributed by atoms with E-state index in [1.54, 1.807) is 24.1 Å². The van der Waals surface area contributed by atoms with Crippen molar-refractivity contribution in [2.45, 2.75) is 31.5 Å². The highest BCUT2D eigenvalue weighted by Crippen LogP contribution is 2.25. The van der Waals surface area contributed by atoms with Gasteiger partial charge in [0.15, 0.2) is 0 Å². The SMILES string of the molecule is COc1ccc(CN2CCC(O)(Cn3cnc4ccccc4c3=O)CC2)cc1. The van der Waals surface area contributed by atoms with E-state index in [-0.39, 0.29) is 12.1 Å². The maximum atomic E-state index is 12.7. The van der Waals surface area contributed by atoms with E-state index < -0.39 is 5.60 Å². The van der Waals surface area contributed by atoms with E-state index in [1.165, 1.54) is 5.56 Å². The summed E-state index contributed by atoms with van der Waals surface area (Å²) in [7, 11) is 1.66. The molecule has 6 nitrogen and oxygen atoms in total. The molecule has 2 aromatic carbocycles. The number of fused-ring (bicyclic) bond motifs is 1. The summed E-state index contributed by atoms with van der Waals surface area (Å²) in [6.07, 6.45) is 2.80. The van der Waals surface area contributed by atoms with Gasteiger partial charge in [0.25, 0.3) is 5.56 Å². The van der Waals surface area contributed by atoms with Crippen molar-refractivity contribution in [3.05, 3.63) is 70.8 Å². The third kappa shape index (κ3) is 3.93. The first-order valence-electron chi connectivity index (χ1n) is 9.58. The number of piperidine rings is 1. The molecule has 0 unspecified atom stereocenters. The van der Waals surface area contributed by atoms with Gasteiger partial charge >= 0.3 is 0 Å². The van der Waals surface area contributed by atoms with Crippen LogP contribution in [0.1, 0.15) is 18.4 Å². The predicted octanol–water partition coefficient (Wildman–Crippen LogP) is 2.43. The topological polar surface area (TPSA) is 67.6 Å². The van der Waals surface area contributed by atoms with Gasteiger partial charge in [0.1, 0.15) is 5.75 Å². The number of para-hydroxylation sites is 1. The molecule has 4 rings (SSSR count). The maximum Gasteiger partial charge on any atom is 0.261 e. The molecule has 2 heterocycles. The molecule has 1 aliphatic heterocycles. The van der Waals surface area contributed by atoms with Crippen LogP contribution in [-0.2, 0) is 13.1 Å². The fourth-order valence-electron chi connectivity index (χ4n) is 3.81. The highest BCUT2D eigenvalue weighted by Gasteiger charge is 2.33. The minimum Gasteiger partial charge on any atom is -0.497 e. The fourth-order valence-corrected chi connectivity index (χ4v) is 3.81. The second-order valence-corrected chi connectivity index (χ2v) is 7.54. The van der Waals surface area contributed by atoms with E-state index in [0.717, 1.165) is 25.4 Å². The van der Waals surface area contributed by atoms with Crippen LogP contribution in [0.5, 0.6) is 5.75 Å². The van der Waals surface area contributed by atoms with E-state index in [4.69, 9.17) is 4.74 Å². The summed E-state index contributed by atoms with van der Waals surface area (Å²) in [6, 6.07) is 15.4. The first-order valence-corrected chi connectivity index (χ1v) is 9.58. The lowest BCUT2D eigenvalue weighted by Gasteiger charge is -2.38. The number of methoxy groups -OCH3 is 1. The molecule has 1 saturated heterocycles. The zero-order chi connectivity index (χ0) is 19.6. The zero-order valence-electron chi connectivity index (χ0n) is 16.0. The molecule has 1 N–H and O–H groups in total. The summed E-state index contributed by atoms with van der Waals surface area (Å²) in [4.78, 5) is 19.4. The lowest BCUT2D eigenvalue weighted by Crippen LogP contribution is -2.47. The van der Waals surface area contributed by atoms with Crippen molar-refractivity contribution in [2.24, 2.45) is 0 Å². The first kappa shape index (κ1) is 18.7. The van der Waals surface area contributed by atoms with Crippen molar-refractivity contribution in [1.29, 1.82) is 0 Å². The van der Waals surface area contributed by atoms with E-state index in [2.05, 4.69) is 22.0 Å². The quantitative estimate of drug-likeness (QED) is 0.738. The van der Waals surface area contributed by atoms with E-state index >= 15 is 0 Å². The van der Waals surface area contributed by atoms with Crippen LogP contribution >= 0.6 is 0 Å². The summed E-state index contributed by atoms with van der Waals surface area (Å²) in [5.74, 6) is 0.853. The Kier molecular flexibility index (Phi) is 5.15. The Balaban J connectivity index is 1.41. The van der Waals surface area contributed by atoms with Crippen LogP contribution in [0.2, 0.25) is 0 Å². The summed E-state index contributed by atoms with van der Waals surface area (Å²) >= 11 is 0. The molecule has 1 fully saturated rings. The number of rotatable bonds is 5. The zero-order valence-corrected chi connectivity index (χ0v) is 16.0. The molecule has 1 aromatic heterocycles. The lowest BCUT2D eigenvalue weighted by molar-refractivity contribution is -0.0364. The van der Waals surface area contributed by atoms with E-state index in [1.807, 2.05) is 30.3 Å². The Bertz CT molecular complexity index is 1010. The van der Waals surface area contributed by atoms with Crippen molar-refractivity contribution in [3.8, 4) is 5.75 Å². The molecular weight excluding hydrogens is 354 g/mol. The molecule has 0 aliphatic carbocycles. The van der Waals surface area contributed by atoms with Crippen molar-refractivity contribution in [1.82, 2.24) is 14.5 Å². The number of ether oxygens (including phenoxy) is 1. The Morgan fingerprint density at radius 1 is 1.11 bits per heavy atom. The third-order valence-electron chi connectivity index (χ3n) is 5.55. The normalized spacial score (nSPS) is 16.9. The van der Waals surface area contributed by atoms with Gasteiger partial charge in [0.2, 0.25) is 0 Å². The molecule has 0 spiro atoms. The van der Waals surface area contributed by atoms with Gasteiger partial charge in [-0.25, -0.2) is 4.98 Å². The van der Waals surface area contributed by atoms with E-state index in [9.17, 15) is 9.90 Å². The van der Waals surface area contributed by atoms with Crippen LogP contribution in [0.3, 0.4) is 0 Å². The van der Waals surface area contributed by atoms with Crippen molar-refractivity contribution < 1.29 is 9.84 Å². The second kappa shape index (κ2) is 7.73. The summed E-state index contributed by atoms with van der Waals surface area (Å²) in [5.41, 5.74) is 0.926. The van der Waals surface area contributed by atoms with Crippen molar-refractivity contribution >= 4 is 10.9 Å².